The molecule has 2 heteroatoms. The van der Waals surface area contributed by atoms with Crippen LogP contribution in [0.3, 0.4) is 0 Å². The van der Waals surface area contributed by atoms with Crippen LogP contribution >= 0.6 is 0 Å². The summed E-state index contributed by atoms with van der Waals surface area (Å²) < 4.78 is 0. The fraction of sp³-hybridized carbons (Fsp3) is 1.00. The molecule has 0 bridgehead atoms. The van der Waals surface area contributed by atoms with Crippen LogP contribution in [0.5, 0.6) is 0 Å². The number of hydrogen-bond donors (Lipinski definition) is 1. The number of rotatable bonds is 9. The van der Waals surface area contributed by atoms with Crippen molar-refractivity contribution in [1.29, 1.82) is 0 Å². The van der Waals surface area contributed by atoms with Crippen LogP contribution in [-0.2, 0) is 0 Å². The molecule has 1 unspecified atom stereocenters. The molecule has 0 aliphatic heterocycles. The summed E-state index contributed by atoms with van der Waals surface area (Å²) in [5, 5.41) is 3.57. The minimum absolute atomic E-state index is 0.674. The molecule has 0 aromatic rings. The van der Waals surface area contributed by atoms with Crippen molar-refractivity contribution in [2.45, 2.75) is 65.5 Å². The Hall–Kier alpha value is -0.0800. The first-order valence-electron chi connectivity index (χ1n) is 7.11. The van der Waals surface area contributed by atoms with E-state index in [-0.39, 0.29) is 0 Å². The van der Waals surface area contributed by atoms with Crippen molar-refractivity contribution in [2.24, 2.45) is 5.92 Å². The molecule has 1 saturated carbocycles. The predicted octanol–water partition coefficient (Wildman–Crippen LogP) is 2.89. The second-order valence-electron chi connectivity index (χ2n) is 5.76. The Morgan fingerprint density at radius 2 is 1.94 bits per heavy atom. The average Bonchev–Trinajstić information content (AvgIpc) is 3.04. The van der Waals surface area contributed by atoms with Gasteiger partial charge in [-0.2, -0.15) is 0 Å². The summed E-state index contributed by atoms with van der Waals surface area (Å²) in [6.07, 6.45) is 5.40. The van der Waals surface area contributed by atoms with Crippen LogP contribution in [0.2, 0.25) is 0 Å². The van der Waals surface area contributed by atoms with E-state index in [4.69, 9.17) is 0 Å². The third kappa shape index (κ3) is 5.86. The molecule has 2 nitrogen and oxygen atoms in total. The SMILES string of the molecule is CCCNC(C)CCN(CC(C)C)C1CC1. The van der Waals surface area contributed by atoms with E-state index >= 15 is 0 Å². The molecule has 0 saturated heterocycles. The van der Waals surface area contributed by atoms with Gasteiger partial charge in [0.1, 0.15) is 0 Å². The van der Waals surface area contributed by atoms with E-state index in [2.05, 4.69) is 37.9 Å². The number of nitrogens with zero attached hydrogens (tertiary/aromatic N) is 1. The second-order valence-corrected chi connectivity index (χ2v) is 5.76. The normalized spacial score (nSPS) is 18.4. The van der Waals surface area contributed by atoms with Crippen molar-refractivity contribution in [3.05, 3.63) is 0 Å². The highest BCUT2D eigenvalue weighted by atomic mass is 15.2. The summed E-state index contributed by atoms with van der Waals surface area (Å²) in [6, 6.07) is 1.59. The Bertz CT molecular complexity index is 176. The zero-order chi connectivity index (χ0) is 12.0. The van der Waals surface area contributed by atoms with Gasteiger partial charge in [-0.1, -0.05) is 20.8 Å². The molecular formula is C14H30N2. The average molecular weight is 226 g/mol. The van der Waals surface area contributed by atoms with Gasteiger partial charge in [-0.05, 0) is 51.6 Å². The van der Waals surface area contributed by atoms with Gasteiger partial charge in [0, 0.05) is 18.6 Å². The minimum atomic E-state index is 0.674. The van der Waals surface area contributed by atoms with Gasteiger partial charge in [-0.25, -0.2) is 0 Å². The molecule has 1 fully saturated rings. The fourth-order valence-corrected chi connectivity index (χ4v) is 2.18. The van der Waals surface area contributed by atoms with Crippen LogP contribution in [-0.4, -0.2) is 36.6 Å². The Kier molecular flexibility index (Phi) is 6.37. The molecule has 1 aliphatic carbocycles. The maximum atomic E-state index is 3.57. The Labute approximate surface area is 102 Å². The molecule has 1 N–H and O–H groups in total. The lowest BCUT2D eigenvalue weighted by atomic mass is 10.1. The van der Waals surface area contributed by atoms with Crippen LogP contribution < -0.4 is 5.32 Å². The molecule has 96 valence electrons. The summed E-state index contributed by atoms with van der Waals surface area (Å²) in [6.45, 7) is 12.9. The molecular weight excluding hydrogens is 196 g/mol. The van der Waals surface area contributed by atoms with Crippen molar-refractivity contribution in [3.8, 4) is 0 Å². The van der Waals surface area contributed by atoms with Gasteiger partial charge < -0.3 is 10.2 Å². The van der Waals surface area contributed by atoms with Gasteiger partial charge in [0.25, 0.3) is 0 Å². The summed E-state index contributed by atoms with van der Waals surface area (Å²) in [5.74, 6) is 0.805. The van der Waals surface area contributed by atoms with E-state index in [1.54, 1.807) is 0 Å². The van der Waals surface area contributed by atoms with E-state index in [0.717, 1.165) is 18.5 Å². The molecule has 0 heterocycles. The van der Waals surface area contributed by atoms with Crippen molar-refractivity contribution in [3.63, 3.8) is 0 Å². The highest BCUT2D eigenvalue weighted by Crippen LogP contribution is 2.27. The van der Waals surface area contributed by atoms with Crippen molar-refractivity contribution >= 4 is 0 Å². The summed E-state index contributed by atoms with van der Waals surface area (Å²) in [7, 11) is 0. The molecule has 0 amide bonds. The lowest BCUT2D eigenvalue weighted by molar-refractivity contribution is 0.223. The van der Waals surface area contributed by atoms with E-state index in [9.17, 15) is 0 Å². The topological polar surface area (TPSA) is 15.3 Å². The van der Waals surface area contributed by atoms with E-state index in [0.29, 0.717) is 6.04 Å². The van der Waals surface area contributed by atoms with Gasteiger partial charge in [0.05, 0.1) is 0 Å². The number of hydrogen-bond acceptors (Lipinski definition) is 2. The van der Waals surface area contributed by atoms with E-state index in [1.807, 2.05) is 0 Å². The monoisotopic (exact) mass is 226 g/mol. The van der Waals surface area contributed by atoms with Crippen LogP contribution in [0.1, 0.15) is 53.4 Å². The Balaban J connectivity index is 2.16. The van der Waals surface area contributed by atoms with Crippen LogP contribution in [0.4, 0.5) is 0 Å². The van der Waals surface area contributed by atoms with Crippen molar-refractivity contribution < 1.29 is 0 Å². The van der Waals surface area contributed by atoms with Gasteiger partial charge in [0.15, 0.2) is 0 Å². The number of nitrogens with one attached hydrogen (secondary N) is 1. The standard InChI is InChI=1S/C14H30N2/c1-5-9-15-13(4)8-10-16(11-12(2)3)14-6-7-14/h12-15H,5-11H2,1-4H3. The Morgan fingerprint density at radius 1 is 1.25 bits per heavy atom. The van der Waals surface area contributed by atoms with E-state index < -0.39 is 0 Å². The third-order valence-corrected chi connectivity index (χ3v) is 3.26. The molecule has 1 rings (SSSR count). The molecule has 0 aromatic heterocycles. The lowest BCUT2D eigenvalue weighted by Gasteiger charge is -2.25. The molecule has 1 aliphatic rings. The second kappa shape index (κ2) is 7.29. The smallest absolute Gasteiger partial charge is 0.00965 e. The quantitative estimate of drug-likeness (QED) is 0.650. The molecule has 0 aromatic carbocycles. The predicted molar refractivity (Wildman–Crippen MR) is 71.8 cm³/mol. The summed E-state index contributed by atoms with van der Waals surface area (Å²) >= 11 is 0. The first-order chi connectivity index (χ1) is 7.63. The maximum absolute atomic E-state index is 3.57. The van der Waals surface area contributed by atoms with Crippen LogP contribution in [0, 0.1) is 5.92 Å². The summed E-state index contributed by atoms with van der Waals surface area (Å²) in [5.41, 5.74) is 0. The minimum Gasteiger partial charge on any atom is -0.314 e. The van der Waals surface area contributed by atoms with Crippen LogP contribution in [0.25, 0.3) is 0 Å². The zero-order valence-corrected chi connectivity index (χ0v) is 11.6. The maximum Gasteiger partial charge on any atom is 0.00965 e. The van der Waals surface area contributed by atoms with E-state index in [1.165, 1.54) is 38.8 Å². The first kappa shape index (κ1) is 14.0. The molecule has 0 spiro atoms. The molecule has 0 radical (unpaired) electrons. The summed E-state index contributed by atoms with van der Waals surface area (Å²) in [4.78, 5) is 2.70. The fourth-order valence-electron chi connectivity index (χ4n) is 2.18. The van der Waals surface area contributed by atoms with Crippen LogP contribution in [0.15, 0.2) is 0 Å². The third-order valence-electron chi connectivity index (χ3n) is 3.26. The largest absolute Gasteiger partial charge is 0.314 e. The highest BCUT2D eigenvalue weighted by molar-refractivity contribution is 4.85. The highest BCUT2D eigenvalue weighted by Gasteiger charge is 2.28. The Morgan fingerprint density at radius 3 is 2.44 bits per heavy atom. The first-order valence-corrected chi connectivity index (χ1v) is 7.11. The van der Waals surface area contributed by atoms with Gasteiger partial charge in [-0.3, -0.25) is 0 Å². The molecule has 1 atom stereocenters. The van der Waals surface area contributed by atoms with Crippen molar-refractivity contribution in [1.82, 2.24) is 10.2 Å². The lowest BCUT2D eigenvalue weighted by Crippen LogP contribution is -2.35. The van der Waals surface area contributed by atoms with Gasteiger partial charge in [-0.15, -0.1) is 0 Å². The van der Waals surface area contributed by atoms with Crippen molar-refractivity contribution in [2.75, 3.05) is 19.6 Å². The zero-order valence-electron chi connectivity index (χ0n) is 11.6. The van der Waals surface area contributed by atoms with Gasteiger partial charge >= 0.3 is 0 Å². The van der Waals surface area contributed by atoms with Gasteiger partial charge in [0.2, 0.25) is 0 Å². The molecule has 16 heavy (non-hydrogen) atoms.